The molecule has 0 aromatic carbocycles. The Morgan fingerprint density at radius 1 is 0.769 bits per heavy atom. The van der Waals surface area contributed by atoms with Crippen LogP contribution in [-0.4, -0.2) is 65.9 Å². The van der Waals surface area contributed by atoms with Gasteiger partial charge in [0.05, 0.1) is 25.4 Å². The Balaban J connectivity index is -0.000000338. The van der Waals surface area contributed by atoms with Crippen LogP contribution in [0.25, 0.3) is 0 Å². The molecule has 0 saturated heterocycles. The Hall–Kier alpha value is -1.61. The number of ether oxygens (including phenoxy) is 4. The minimum Gasteiger partial charge on any atom is -0.450 e. The molecule has 9 nitrogen and oxygen atoms in total. The van der Waals surface area contributed by atoms with E-state index in [0.717, 1.165) is 0 Å². The second kappa shape index (κ2) is 21.4. The highest BCUT2D eigenvalue weighted by Gasteiger charge is 2.05. The second-order valence-electron chi connectivity index (χ2n) is 4.90. The molecular weight excluding hydrogens is 395 g/mol. The van der Waals surface area contributed by atoms with Crippen LogP contribution in [-0.2, 0) is 18.9 Å². The van der Waals surface area contributed by atoms with Crippen molar-refractivity contribution in [1.82, 2.24) is 0 Å². The van der Waals surface area contributed by atoms with E-state index in [1.165, 1.54) is 0 Å². The van der Waals surface area contributed by atoms with Gasteiger partial charge in [0, 0.05) is 11.8 Å². The van der Waals surface area contributed by atoms with Crippen molar-refractivity contribution in [3.8, 4) is 0 Å². The molecule has 2 N–H and O–H groups in total. The molecule has 0 fully saturated rings. The number of rotatable bonds is 8. The van der Waals surface area contributed by atoms with E-state index in [4.69, 9.17) is 47.7 Å². The Bertz CT molecular complexity index is 331. The molecule has 156 valence electrons. The van der Waals surface area contributed by atoms with Gasteiger partial charge in [-0.25, -0.2) is 14.4 Å². The first kappa shape index (κ1) is 29.2. The van der Waals surface area contributed by atoms with Gasteiger partial charge in [-0.1, -0.05) is 0 Å². The molecule has 0 aliphatic carbocycles. The topological polar surface area (TPSA) is 129 Å². The van der Waals surface area contributed by atoms with Crippen molar-refractivity contribution in [3.05, 3.63) is 0 Å². The lowest BCUT2D eigenvalue weighted by Gasteiger charge is -2.07. The van der Waals surface area contributed by atoms with Crippen molar-refractivity contribution in [2.75, 3.05) is 25.0 Å². The summed E-state index contributed by atoms with van der Waals surface area (Å²) in [5, 5.41) is 13.9. The summed E-state index contributed by atoms with van der Waals surface area (Å²) in [7, 11) is 0. The minimum atomic E-state index is -1.83. The van der Waals surface area contributed by atoms with Gasteiger partial charge in [0.1, 0.15) is 0 Å². The van der Waals surface area contributed by atoms with Gasteiger partial charge in [-0.3, -0.25) is 0 Å². The van der Waals surface area contributed by atoms with Crippen LogP contribution in [0.1, 0.15) is 40.5 Å². The van der Waals surface area contributed by atoms with E-state index in [1.54, 1.807) is 27.7 Å². The lowest BCUT2D eigenvalue weighted by molar-refractivity contribution is 0.0337. The largest absolute Gasteiger partial charge is 0.508 e. The summed E-state index contributed by atoms with van der Waals surface area (Å²) >= 11 is 10.7. The van der Waals surface area contributed by atoms with E-state index >= 15 is 0 Å². The standard InChI is InChI=1S/2C7H13ClO3.CH2O3/c2*1-6(2)11-7(9)10-5-3-4-8;2-1(3)4/h2*6H,3-5H2,1-2H3;(H2,2,3,4). The second-order valence-corrected chi connectivity index (χ2v) is 5.65. The molecule has 0 aromatic heterocycles. The SMILES string of the molecule is CC(C)OC(=O)OCCCCl.CC(C)OC(=O)OCCCCl.O=C(O)O. The zero-order valence-electron chi connectivity index (χ0n) is 15.4. The summed E-state index contributed by atoms with van der Waals surface area (Å²) < 4.78 is 18.7. The average molecular weight is 423 g/mol. The van der Waals surface area contributed by atoms with Gasteiger partial charge in [-0.15, -0.1) is 23.2 Å². The highest BCUT2D eigenvalue weighted by Crippen LogP contribution is 1.95. The molecular formula is C15H28Cl2O9. The number of hydrogen-bond donors (Lipinski definition) is 2. The van der Waals surface area contributed by atoms with Crippen LogP contribution in [0, 0.1) is 0 Å². The van der Waals surface area contributed by atoms with Crippen LogP contribution >= 0.6 is 23.2 Å². The van der Waals surface area contributed by atoms with Gasteiger partial charge in [-0.2, -0.15) is 0 Å². The lowest BCUT2D eigenvalue weighted by Crippen LogP contribution is -2.13. The Morgan fingerprint density at radius 3 is 1.23 bits per heavy atom. The molecule has 0 heterocycles. The van der Waals surface area contributed by atoms with Crippen LogP contribution < -0.4 is 0 Å². The number of carbonyl (C=O) groups is 3. The number of carbonyl (C=O) groups excluding carboxylic acids is 2. The van der Waals surface area contributed by atoms with Crippen LogP contribution in [0.3, 0.4) is 0 Å². The van der Waals surface area contributed by atoms with Gasteiger partial charge in [-0.05, 0) is 40.5 Å². The van der Waals surface area contributed by atoms with Gasteiger partial charge < -0.3 is 29.2 Å². The van der Waals surface area contributed by atoms with Crippen molar-refractivity contribution in [3.63, 3.8) is 0 Å². The smallest absolute Gasteiger partial charge is 0.450 e. The molecule has 11 heteroatoms. The third kappa shape index (κ3) is 38.1. The summed E-state index contributed by atoms with van der Waals surface area (Å²) in [5.74, 6) is 0.990. The average Bonchev–Trinajstić information content (AvgIpc) is 2.46. The quantitative estimate of drug-likeness (QED) is 0.327. The maximum Gasteiger partial charge on any atom is 0.508 e. The third-order valence-electron chi connectivity index (χ3n) is 1.66. The molecule has 0 spiro atoms. The third-order valence-corrected chi connectivity index (χ3v) is 2.19. The number of hydrogen-bond acceptors (Lipinski definition) is 7. The fraction of sp³-hybridized carbons (Fsp3) is 0.800. The van der Waals surface area contributed by atoms with E-state index in [0.29, 0.717) is 37.8 Å². The molecule has 0 radical (unpaired) electrons. The fourth-order valence-corrected chi connectivity index (χ4v) is 1.09. The minimum absolute atomic E-state index is 0.126. The molecule has 0 bridgehead atoms. The van der Waals surface area contributed by atoms with Crippen molar-refractivity contribution in [2.45, 2.75) is 52.7 Å². The predicted octanol–water partition coefficient (Wildman–Crippen LogP) is 4.58. The summed E-state index contributed by atoms with van der Waals surface area (Å²) in [5.41, 5.74) is 0. The number of carboxylic acid groups (broad SMARTS) is 2. The first-order valence-electron chi connectivity index (χ1n) is 7.77. The molecule has 0 saturated carbocycles. The lowest BCUT2D eigenvalue weighted by atomic mass is 10.5. The van der Waals surface area contributed by atoms with Crippen LogP contribution in [0.2, 0.25) is 0 Å². The van der Waals surface area contributed by atoms with Gasteiger partial charge in [0.15, 0.2) is 0 Å². The van der Waals surface area contributed by atoms with Crippen molar-refractivity contribution in [2.24, 2.45) is 0 Å². The predicted molar refractivity (Wildman–Crippen MR) is 96.5 cm³/mol. The molecule has 0 rings (SSSR count). The first-order valence-corrected chi connectivity index (χ1v) is 8.84. The maximum absolute atomic E-state index is 10.6. The first-order chi connectivity index (χ1) is 12.1. The van der Waals surface area contributed by atoms with E-state index in [-0.39, 0.29) is 12.2 Å². The van der Waals surface area contributed by atoms with Crippen molar-refractivity contribution < 1.29 is 43.5 Å². The van der Waals surface area contributed by atoms with Crippen molar-refractivity contribution in [1.29, 1.82) is 0 Å². The molecule has 0 atom stereocenters. The number of alkyl halides is 2. The summed E-state index contributed by atoms with van der Waals surface area (Å²) in [6.07, 6.45) is -2.00. The Morgan fingerprint density at radius 2 is 1.04 bits per heavy atom. The molecule has 0 aromatic rings. The molecule has 0 aliphatic heterocycles. The molecule has 26 heavy (non-hydrogen) atoms. The van der Waals surface area contributed by atoms with Crippen molar-refractivity contribution >= 4 is 41.7 Å². The normalized spacial score (nSPS) is 9.23. The zero-order valence-corrected chi connectivity index (χ0v) is 16.9. The zero-order chi connectivity index (χ0) is 21.0. The van der Waals surface area contributed by atoms with E-state index in [9.17, 15) is 9.59 Å². The molecule has 0 amide bonds. The van der Waals surface area contributed by atoms with Crippen LogP contribution in [0.4, 0.5) is 14.4 Å². The Kier molecular flexibility index (Phi) is 24.0. The maximum atomic E-state index is 10.6. The summed E-state index contributed by atoms with van der Waals surface area (Å²) in [4.78, 5) is 29.8. The fourth-order valence-electron chi connectivity index (χ4n) is 0.873. The number of halogens is 2. The van der Waals surface area contributed by atoms with Gasteiger partial charge in [0.2, 0.25) is 0 Å². The highest BCUT2D eigenvalue weighted by molar-refractivity contribution is 6.18. The van der Waals surface area contributed by atoms with E-state index in [1.807, 2.05) is 0 Å². The van der Waals surface area contributed by atoms with Crippen LogP contribution in [0.5, 0.6) is 0 Å². The monoisotopic (exact) mass is 422 g/mol. The highest BCUT2D eigenvalue weighted by atomic mass is 35.5. The summed E-state index contributed by atoms with van der Waals surface area (Å²) in [6.45, 7) is 7.72. The van der Waals surface area contributed by atoms with Gasteiger partial charge in [0.25, 0.3) is 0 Å². The van der Waals surface area contributed by atoms with E-state index < -0.39 is 18.5 Å². The summed E-state index contributed by atoms with van der Waals surface area (Å²) in [6, 6.07) is 0. The Labute approximate surface area is 163 Å². The van der Waals surface area contributed by atoms with E-state index in [2.05, 4.69) is 9.47 Å². The van der Waals surface area contributed by atoms with Crippen LogP contribution in [0.15, 0.2) is 0 Å². The molecule has 0 unspecified atom stereocenters. The molecule has 0 aliphatic rings. The van der Waals surface area contributed by atoms with Gasteiger partial charge >= 0.3 is 18.5 Å².